The van der Waals surface area contributed by atoms with Crippen LogP contribution < -0.4 is 5.32 Å². The molecular formula is C23H30ClN3O. The minimum Gasteiger partial charge on any atom is -0.478 e. The molecule has 0 amide bonds. The number of ether oxygens (including phenoxy) is 1. The third-order valence-corrected chi connectivity index (χ3v) is 5.38. The van der Waals surface area contributed by atoms with Gasteiger partial charge in [0, 0.05) is 23.8 Å². The third kappa shape index (κ3) is 6.54. The molecule has 2 aromatic carbocycles. The van der Waals surface area contributed by atoms with Gasteiger partial charge in [-0.3, -0.25) is 5.41 Å². The van der Waals surface area contributed by atoms with Gasteiger partial charge in [0.15, 0.2) is 0 Å². The average molecular weight is 400 g/mol. The molecule has 0 spiro atoms. The number of benzene rings is 2. The lowest BCUT2D eigenvalue weighted by atomic mass is 10.1. The molecule has 1 fully saturated rings. The van der Waals surface area contributed by atoms with Crippen LogP contribution >= 0.6 is 11.6 Å². The molecule has 0 atom stereocenters. The third-order valence-electron chi connectivity index (χ3n) is 5.13. The zero-order chi connectivity index (χ0) is 19.6. The van der Waals surface area contributed by atoms with Crippen LogP contribution in [0.1, 0.15) is 43.2 Å². The van der Waals surface area contributed by atoms with Gasteiger partial charge in [0.05, 0.1) is 12.2 Å². The van der Waals surface area contributed by atoms with E-state index in [2.05, 4.69) is 10.2 Å². The normalized spacial score (nSPS) is 15.0. The Kier molecular flexibility index (Phi) is 8.19. The largest absolute Gasteiger partial charge is 0.478 e. The summed E-state index contributed by atoms with van der Waals surface area (Å²) in [5, 5.41) is 12.5. The second kappa shape index (κ2) is 11.1. The van der Waals surface area contributed by atoms with E-state index in [1.165, 1.54) is 38.8 Å². The summed E-state index contributed by atoms with van der Waals surface area (Å²) in [7, 11) is 0. The Balaban J connectivity index is 1.47. The topological polar surface area (TPSA) is 48.4 Å². The number of nitrogens with one attached hydrogen (secondary N) is 2. The minimum atomic E-state index is 0.232. The number of likely N-dealkylation sites (tertiary alicyclic amines) is 1. The Morgan fingerprint density at radius 2 is 1.71 bits per heavy atom. The van der Waals surface area contributed by atoms with Crippen molar-refractivity contribution in [3.05, 3.63) is 64.7 Å². The van der Waals surface area contributed by atoms with Gasteiger partial charge < -0.3 is 15.0 Å². The first-order valence-corrected chi connectivity index (χ1v) is 10.6. The van der Waals surface area contributed by atoms with Crippen LogP contribution in [0.5, 0.6) is 0 Å². The first-order valence-electron chi connectivity index (χ1n) is 10.2. The summed E-state index contributed by atoms with van der Waals surface area (Å²) in [6.45, 7) is 4.73. The Bertz CT molecular complexity index is 740. The van der Waals surface area contributed by atoms with Crippen LogP contribution in [0, 0.1) is 5.41 Å². The van der Waals surface area contributed by atoms with Crippen LogP contribution in [-0.2, 0) is 11.3 Å². The van der Waals surface area contributed by atoms with E-state index in [1.54, 1.807) is 0 Å². The van der Waals surface area contributed by atoms with Gasteiger partial charge in [0.25, 0.3) is 0 Å². The number of hydrogen-bond acceptors (Lipinski definition) is 4. The second-order valence-corrected chi connectivity index (χ2v) is 7.75. The van der Waals surface area contributed by atoms with E-state index in [4.69, 9.17) is 21.7 Å². The zero-order valence-electron chi connectivity index (χ0n) is 16.4. The Hall–Kier alpha value is -2.04. The van der Waals surface area contributed by atoms with Crippen LogP contribution in [0.2, 0.25) is 5.02 Å². The van der Waals surface area contributed by atoms with Crippen LogP contribution in [0.4, 0.5) is 5.69 Å². The number of hydrogen-bond donors (Lipinski definition) is 2. The first kappa shape index (κ1) is 20.7. The molecule has 0 bridgehead atoms. The van der Waals surface area contributed by atoms with Gasteiger partial charge in [0.1, 0.15) is 0 Å². The highest BCUT2D eigenvalue weighted by Crippen LogP contribution is 2.18. The SMILES string of the molecule is N=C(OCCCN1CCCCCC1)c1ccccc1NCc1ccc(Cl)cc1. The molecule has 2 N–H and O–H groups in total. The molecule has 0 saturated carbocycles. The van der Waals surface area contributed by atoms with Gasteiger partial charge in [-0.1, -0.05) is 48.7 Å². The van der Waals surface area contributed by atoms with Crippen LogP contribution in [0.3, 0.4) is 0 Å². The molecule has 4 nitrogen and oxygen atoms in total. The molecule has 28 heavy (non-hydrogen) atoms. The summed E-state index contributed by atoms with van der Waals surface area (Å²) in [6.07, 6.45) is 6.30. The van der Waals surface area contributed by atoms with Crippen molar-refractivity contribution in [2.75, 3.05) is 31.6 Å². The summed E-state index contributed by atoms with van der Waals surface area (Å²) < 4.78 is 5.76. The Morgan fingerprint density at radius 3 is 2.46 bits per heavy atom. The van der Waals surface area contributed by atoms with E-state index in [0.29, 0.717) is 13.2 Å². The standard InChI is InChI=1S/C23H30ClN3O/c24-20-12-10-19(11-13-20)18-26-22-9-4-3-8-21(22)23(25)28-17-7-16-27-14-5-1-2-6-15-27/h3-4,8-13,25-26H,1-2,5-7,14-18H2. The predicted molar refractivity (Wildman–Crippen MR) is 118 cm³/mol. The van der Waals surface area contributed by atoms with E-state index in [9.17, 15) is 0 Å². The van der Waals surface area contributed by atoms with Gasteiger partial charge in [-0.05, 0) is 62.2 Å². The highest BCUT2D eigenvalue weighted by molar-refractivity contribution is 6.30. The lowest BCUT2D eigenvalue weighted by molar-refractivity contribution is 0.234. The van der Waals surface area contributed by atoms with Gasteiger partial charge >= 0.3 is 0 Å². The van der Waals surface area contributed by atoms with Gasteiger partial charge in [0.2, 0.25) is 5.90 Å². The van der Waals surface area contributed by atoms with Crippen molar-refractivity contribution in [1.29, 1.82) is 5.41 Å². The molecule has 2 aromatic rings. The molecule has 0 aliphatic carbocycles. The summed E-state index contributed by atoms with van der Waals surface area (Å²) in [4.78, 5) is 2.53. The van der Waals surface area contributed by atoms with Crippen molar-refractivity contribution >= 4 is 23.2 Å². The van der Waals surface area contributed by atoms with Gasteiger partial charge in [-0.2, -0.15) is 0 Å². The molecule has 1 heterocycles. The molecule has 150 valence electrons. The fourth-order valence-corrected chi connectivity index (χ4v) is 3.66. The van der Waals surface area contributed by atoms with Crippen molar-refractivity contribution in [3.63, 3.8) is 0 Å². The lowest BCUT2D eigenvalue weighted by Gasteiger charge is -2.19. The fraction of sp³-hybridized carbons (Fsp3) is 0.435. The number of para-hydroxylation sites is 1. The van der Waals surface area contributed by atoms with Gasteiger partial charge in [-0.25, -0.2) is 0 Å². The fourth-order valence-electron chi connectivity index (χ4n) is 3.53. The number of halogens is 1. The van der Waals surface area contributed by atoms with E-state index in [0.717, 1.165) is 34.8 Å². The Labute approximate surface area is 173 Å². The first-order chi connectivity index (χ1) is 13.7. The minimum absolute atomic E-state index is 0.232. The molecule has 5 heteroatoms. The smallest absolute Gasteiger partial charge is 0.215 e. The molecule has 3 rings (SSSR count). The molecular weight excluding hydrogens is 370 g/mol. The summed E-state index contributed by atoms with van der Waals surface area (Å²) in [6, 6.07) is 15.6. The number of anilines is 1. The lowest BCUT2D eigenvalue weighted by Crippen LogP contribution is -2.26. The van der Waals surface area contributed by atoms with Crippen molar-refractivity contribution in [2.24, 2.45) is 0 Å². The molecule has 1 saturated heterocycles. The predicted octanol–water partition coefficient (Wildman–Crippen LogP) is 5.56. The van der Waals surface area contributed by atoms with E-state index in [-0.39, 0.29) is 5.90 Å². The highest BCUT2D eigenvalue weighted by atomic mass is 35.5. The highest BCUT2D eigenvalue weighted by Gasteiger charge is 2.11. The average Bonchev–Trinajstić information content (AvgIpc) is 3.00. The monoisotopic (exact) mass is 399 g/mol. The number of rotatable bonds is 8. The maximum Gasteiger partial charge on any atom is 0.215 e. The summed E-state index contributed by atoms with van der Waals surface area (Å²) in [5.74, 6) is 0.232. The summed E-state index contributed by atoms with van der Waals surface area (Å²) in [5.41, 5.74) is 2.85. The van der Waals surface area contributed by atoms with Gasteiger partial charge in [-0.15, -0.1) is 0 Å². The molecule has 1 aliphatic rings. The maximum atomic E-state index is 8.35. The Morgan fingerprint density at radius 1 is 1.00 bits per heavy atom. The summed E-state index contributed by atoms with van der Waals surface area (Å²) >= 11 is 5.95. The second-order valence-electron chi connectivity index (χ2n) is 7.31. The van der Waals surface area contributed by atoms with Crippen molar-refractivity contribution in [3.8, 4) is 0 Å². The van der Waals surface area contributed by atoms with Crippen LogP contribution in [-0.4, -0.2) is 37.0 Å². The zero-order valence-corrected chi connectivity index (χ0v) is 17.2. The molecule has 0 radical (unpaired) electrons. The molecule has 0 unspecified atom stereocenters. The number of nitrogens with zero attached hydrogens (tertiary/aromatic N) is 1. The van der Waals surface area contributed by atoms with E-state index in [1.807, 2.05) is 48.5 Å². The maximum absolute atomic E-state index is 8.35. The van der Waals surface area contributed by atoms with Crippen molar-refractivity contribution < 1.29 is 4.74 Å². The van der Waals surface area contributed by atoms with E-state index < -0.39 is 0 Å². The molecule has 0 aromatic heterocycles. The van der Waals surface area contributed by atoms with Crippen LogP contribution in [0.15, 0.2) is 48.5 Å². The van der Waals surface area contributed by atoms with E-state index >= 15 is 0 Å². The molecule has 1 aliphatic heterocycles. The van der Waals surface area contributed by atoms with Crippen molar-refractivity contribution in [1.82, 2.24) is 4.90 Å². The van der Waals surface area contributed by atoms with Crippen molar-refractivity contribution in [2.45, 2.75) is 38.6 Å². The van der Waals surface area contributed by atoms with Crippen LogP contribution in [0.25, 0.3) is 0 Å². The quantitative estimate of drug-likeness (QED) is 0.347.